The van der Waals surface area contributed by atoms with Crippen LogP contribution in [-0.4, -0.2) is 66.1 Å². The van der Waals surface area contributed by atoms with Gasteiger partial charge in [-0.2, -0.15) is 0 Å². The van der Waals surface area contributed by atoms with Crippen molar-refractivity contribution in [3.8, 4) is 0 Å². The predicted molar refractivity (Wildman–Crippen MR) is 116 cm³/mol. The molecule has 0 bridgehead atoms. The van der Waals surface area contributed by atoms with Gasteiger partial charge in [-0.05, 0) is 64.4 Å². The molecule has 1 aromatic rings. The van der Waals surface area contributed by atoms with Gasteiger partial charge in [-0.15, -0.1) is 0 Å². The number of nitrogens with one attached hydrogen (secondary N) is 2. The van der Waals surface area contributed by atoms with Gasteiger partial charge in [-0.25, -0.2) is 0 Å². The molecule has 2 saturated heterocycles. The van der Waals surface area contributed by atoms with E-state index in [2.05, 4.69) is 33.4 Å². The maximum Gasteiger partial charge on any atom is 0.237 e. The second-order valence-electron chi connectivity index (χ2n) is 8.51. The molecule has 0 spiro atoms. The SMILES string of the molecule is CCN1CCC(N[C@H]2C[C@@H](C(=O)NC(C)C)N(Cc3ccccc3Cl)C2)CC1. The first-order chi connectivity index (χ1) is 13.5. The van der Waals surface area contributed by atoms with Crippen molar-refractivity contribution in [3.63, 3.8) is 0 Å². The summed E-state index contributed by atoms with van der Waals surface area (Å²) in [6, 6.07) is 8.90. The average molecular weight is 407 g/mol. The molecule has 2 N–H and O–H groups in total. The van der Waals surface area contributed by atoms with Crippen LogP contribution in [0, 0.1) is 0 Å². The minimum absolute atomic E-state index is 0.105. The van der Waals surface area contributed by atoms with Gasteiger partial charge in [0, 0.05) is 36.2 Å². The maximum absolute atomic E-state index is 12.8. The molecular formula is C22H35ClN4O. The third kappa shape index (κ3) is 5.69. The average Bonchev–Trinajstić information content (AvgIpc) is 3.06. The summed E-state index contributed by atoms with van der Waals surface area (Å²) >= 11 is 6.39. The summed E-state index contributed by atoms with van der Waals surface area (Å²) in [5.74, 6) is 0.132. The standard InChI is InChI=1S/C22H35ClN4O/c1-4-26-11-9-18(10-12-26)25-19-13-21(22(28)24-16(2)3)27(15-19)14-17-7-5-6-8-20(17)23/h5-8,16,18-19,21,25H,4,9-15H2,1-3H3,(H,24,28)/t19-,21-/m0/s1. The van der Waals surface area contributed by atoms with Crippen molar-refractivity contribution in [2.45, 2.75) is 70.7 Å². The predicted octanol–water partition coefficient (Wildman–Crippen LogP) is 2.88. The molecule has 0 unspecified atom stereocenters. The summed E-state index contributed by atoms with van der Waals surface area (Å²) in [7, 11) is 0. The number of carbonyl (C=O) groups excluding carboxylic acids is 1. The van der Waals surface area contributed by atoms with E-state index in [1.165, 1.54) is 25.9 Å². The summed E-state index contributed by atoms with van der Waals surface area (Å²) in [5.41, 5.74) is 1.09. The fraction of sp³-hybridized carbons (Fsp3) is 0.682. The van der Waals surface area contributed by atoms with Gasteiger partial charge in [0.15, 0.2) is 0 Å². The fourth-order valence-electron chi connectivity index (χ4n) is 4.45. The molecule has 3 rings (SSSR count). The molecule has 5 nitrogen and oxygen atoms in total. The lowest BCUT2D eigenvalue weighted by Crippen LogP contribution is -2.46. The second-order valence-corrected chi connectivity index (χ2v) is 8.91. The van der Waals surface area contributed by atoms with Crippen molar-refractivity contribution < 1.29 is 4.79 Å². The van der Waals surface area contributed by atoms with E-state index < -0.39 is 0 Å². The second kappa shape index (κ2) is 10.1. The molecule has 0 aromatic heterocycles. The lowest BCUT2D eigenvalue weighted by atomic mass is 10.0. The number of halogens is 1. The van der Waals surface area contributed by atoms with Crippen molar-refractivity contribution in [1.82, 2.24) is 20.4 Å². The minimum atomic E-state index is -0.105. The highest BCUT2D eigenvalue weighted by Crippen LogP contribution is 2.25. The molecule has 0 radical (unpaired) electrons. The Kier molecular flexibility index (Phi) is 7.75. The van der Waals surface area contributed by atoms with E-state index in [0.29, 0.717) is 18.6 Å². The minimum Gasteiger partial charge on any atom is -0.353 e. The van der Waals surface area contributed by atoms with Gasteiger partial charge in [-0.3, -0.25) is 9.69 Å². The molecule has 1 amide bonds. The van der Waals surface area contributed by atoms with Gasteiger partial charge in [-0.1, -0.05) is 36.7 Å². The smallest absolute Gasteiger partial charge is 0.237 e. The Morgan fingerprint density at radius 3 is 2.57 bits per heavy atom. The molecule has 0 saturated carbocycles. The zero-order chi connectivity index (χ0) is 20.1. The van der Waals surface area contributed by atoms with Crippen LogP contribution in [0.4, 0.5) is 0 Å². The van der Waals surface area contributed by atoms with Gasteiger partial charge in [0.05, 0.1) is 6.04 Å². The van der Waals surface area contributed by atoms with Gasteiger partial charge in [0.2, 0.25) is 5.91 Å². The molecule has 2 atom stereocenters. The van der Waals surface area contributed by atoms with Crippen LogP contribution in [0.15, 0.2) is 24.3 Å². The number of hydrogen-bond acceptors (Lipinski definition) is 4. The number of amides is 1. The van der Waals surface area contributed by atoms with Crippen LogP contribution in [0.2, 0.25) is 5.02 Å². The Morgan fingerprint density at radius 2 is 1.93 bits per heavy atom. The van der Waals surface area contributed by atoms with E-state index in [1.807, 2.05) is 32.0 Å². The Labute approximate surface area is 174 Å². The quantitative estimate of drug-likeness (QED) is 0.731. The van der Waals surface area contributed by atoms with E-state index in [9.17, 15) is 4.79 Å². The molecule has 2 heterocycles. The number of hydrogen-bond donors (Lipinski definition) is 2. The van der Waals surface area contributed by atoms with Crippen LogP contribution in [0.1, 0.15) is 45.6 Å². The molecular weight excluding hydrogens is 372 g/mol. The first kappa shape index (κ1) is 21.6. The third-order valence-corrected chi connectivity index (χ3v) is 6.34. The summed E-state index contributed by atoms with van der Waals surface area (Å²) in [6.07, 6.45) is 3.24. The van der Waals surface area contributed by atoms with Gasteiger partial charge < -0.3 is 15.5 Å². The number of nitrogens with zero attached hydrogens (tertiary/aromatic N) is 2. The third-order valence-electron chi connectivity index (χ3n) is 5.97. The molecule has 2 fully saturated rings. The van der Waals surface area contributed by atoms with E-state index in [1.54, 1.807) is 0 Å². The Balaban J connectivity index is 1.64. The summed E-state index contributed by atoms with van der Waals surface area (Å²) < 4.78 is 0. The van der Waals surface area contributed by atoms with Crippen molar-refractivity contribution in [2.24, 2.45) is 0 Å². The largest absolute Gasteiger partial charge is 0.353 e. The molecule has 6 heteroatoms. The van der Waals surface area contributed by atoms with Crippen molar-refractivity contribution in [1.29, 1.82) is 0 Å². The molecule has 1 aromatic carbocycles. The summed E-state index contributed by atoms with van der Waals surface area (Å²) in [6.45, 7) is 11.3. The van der Waals surface area contributed by atoms with Crippen LogP contribution in [0.25, 0.3) is 0 Å². The number of benzene rings is 1. The van der Waals surface area contributed by atoms with Crippen LogP contribution >= 0.6 is 11.6 Å². The fourth-order valence-corrected chi connectivity index (χ4v) is 4.64. The van der Waals surface area contributed by atoms with E-state index >= 15 is 0 Å². The first-order valence-corrected chi connectivity index (χ1v) is 11.1. The lowest BCUT2D eigenvalue weighted by molar-refractivity contribution is -0.126. The van der Waals surface area contributed by atoms with Crippen LogP contribution < -0.4 is 10.6 Å². The molecule has 28 heavy (non-hydrogen) atoms. The van der Waals surface area contributed by atoms with E-state index in [4.69, 9.17) is 11.6 Å². The molecule has 2 aliphatic heterocycles. The Morgan fingerprint density at radius 1 is 1.21 bits per heavy atom. The van der Waals surface area contributed by atoms with Crippen LogP contribution in [-0.2, 0) is 11.3 Å². The number of piperidine rings is 1. The monoisotopic (exact) mass is 406 g/mol. The van der Waals surface area contributed by atoms with Crippen LogP contribution in [0.3, 0.4) is 0 Å². The number of likely N-dealkylation sites (tertiary alicyclic amines) is 2. The highest BCUT2D eigenvalue weighted by Gasteiger charge is 2.38. The maximum atomic E-state index is 12.8. The Hall–Kier alpha value is -1.14. The van der Waals surface area contributed by atoms with Crippen molar-refractivity contribution >= 4 is 17.5 Å². The van der Waals surface area contributed by atoms with Gasteiger partial charge in [0.1, 0.15) is 0 Å². The van der Waals surface area contributed by atoms with Gasteiger partial charge >= 0.3 is 0 Å². The zero-order valence-corrected chi connectivity index (χ0v) is 18.2. The number of rotatable bonds is 7. The lowest BCUT2D eigenvalue weighted by Gasteiger charge is -2.33. The van der Waals surface area contributed by atoms with E-state index in [-0.39, 0.29) is 18.0 Å². The highest BCUT2D eigenvalue weighted by molar-refractivity contribution is 6.31. The van der Waals surface area contributed by atoms with Crippen molar-refractivity contribution in [2.75, 3.05) is 26.2 Å². The summed E-state index contributed by atoms with van der Waals surface area (Å²) in [5, 5.41) is 7.73. The topological polar surface area (TPSA) is 47.6 Å². The summed E-state index contributed by atoms with van der Waals surface area (Å²) in [4.78, 5) is 17.6. The molecule has 156 valence electrons. The van der Waals surface area contributed by atoms with Crippen molar-refractivity contribution in [3.05, 3.63) is 34.9 Å². The van der Waals surface area contributed by atoms with Crippen LogP contribution in [0.5, 0.6) is 0 Å². The van der Waals surface area contributed by atoms with Gasteiger partial charge in [0.25, 0.3) is 0 Å². The highest BCUT2D eigenvalue weighted by atomic mass is 35.5. The normalized spacial score (nSPS) is 24.8. The first-order valence-electron chi connectivity index (χ1n) is 10.7. The molecule has 0 aliphatic carbocycles. The zero-order valence-electron chi connectivity index (χ0n) is 17.5. The molecule has 2 aliphatic rings. The number of carbonyl (C=O) groups is 1. The Bertz CT molecular complexity index is 645. The van der Waals surface area contributed by atoms with E-state index in [0.717, 1.165) is 30.1 Å².